The van der Waals surface area contributed by atoms with Crippen molar-refractivity contribution < 1.29 is 9.59 Å². The molecule has 1 N–H and O–H groups in total. The smallest absolute Gasteiger partial charge is 0.227 e. The van der Waals surface area contributed by atoms with Gasteiger partial charge in [0.1, 0.15) is 0 Å². The maximum Gasteiger partial charge on any atom is 0.227 e. The van der Waals surface area contributed by atoms with Gasteiger partial charge in [0.05, 0.1) is 12.0 Å². The highest BCUT2D eigenvalue weighted by molar-refractivity contribution is 6.00. The summed E-state index contributed by atoms with van der Waals surface area (Å²) in [6, 6.07) is 27.9. The average Bonchev–Trinajstić information content (AvgIpc) is 3.54. The van der Waals surface area contributed by atoms with Crippen LogP contribution in [0, 0.1) is 5.92 Å². The number of hydrogen-bond donors (Lipinski definition) is 1. The van der Waals surface area contributed by atoms with E-state index in [-0.39, 0.29) is 30.2 Å². The van der Waals surface area contributed by atoms with Gasteiger partial charge in [0, 0.05) is 37.4 Å². The molecule has 2 aliphatic heterocycles. The van der Waals surface area contributed by atoms with E-state index in [0.29, 0.717) is 6.54 Å². The summed E-state index contributed by atoms with van der Waals surface area (Å²) >= 11 is 0. The molecule has 0 bridgehead atoms. The topological polar surface area (TPSA) is 52.7 Å². The molecular formula is C28H29N3O2. The largest absolute Gasteiger partial charge is 0.372 e. The third-order valence-electron chi connectivity index (χ3n) is 6.68. The Morgan fingerprint density at radius 1 is 0.788 bits per heavy atom. The van der Waals surface area contributed by atoms with E-state index in [0.717, 1.165) is 29.9 Å². The molecule has 2 aliphatic rings. The van der Waals surface area contributed by atoms with Gasteiger partial charge in [-0.3, -0.25) is 9.59 Å². The van der Waals surface area contributed by atoms with Gasteiger partial charge in [0.25, 0.3) is 0 Å². The molecule has 0 aromatic heterocycles. The summed E-state index contributed by atoms with van der Waals surface area (Å²) < 4.78 is 0. The molecule has 0 spiro atoms. The van der Waals surface area contributed by atoms with Gasteiger partial charge in [-0.2, -0.15) is 0 Å². The summed E-state index contributed by atoms with van der Waals surface area (Å²) in [5.41, 5.74) is 4.11. The Balaban J connectivity index is 1.29. The molecule has 1 atom stereocenters. The Bertz CT molecular complexity index is 1050. The third-order valence-corrected chi connectivity index (χ3v) is 6.68. The molecule has 2 fully saturated rings. The zero-order valence-corrected chi connectivity index (χ0v) is 18.7. The second kappa shape index (κ2) is 9.49. The molecule has 168 valence electrons. The summed E-state index contributed by atoms with van der Waals surface area (Å²) in [5, 5.41) is 3.21. The molecule has 5 heteroatoms. The second-order valence-electron chi connectivity index (χ2n) is 8.88. The lowest BCUT2D eigenvalue weighted by atomic mass is 9.97. The monoisotopic (exact) mass is 439 g/mol. The number of anilines is 2. The fourth-order valence-corrected chi connectivity index (χ4v) is 4.86. The van der Waals surface area contributed by atoms with Gasteiger partial charge < -0.3 is 15.1 Å². The molecule has 3 aromatic rings. The molecule has 0 radical (unpaired) electrons. The van der Waals surface area contributed by atoms with Crippen LogP contribution >= 0.6 is 0 Å². The Kier molecular flexibility index (Phi) is 6.11. The van der Waals surface area contributed by atoms with Gasteiger partial charge in [-0.25, -0.2) is 0 Å². The highest BCUT2D eigenvalue weighted by atomic mass is 16.2. The first kappa shape index (κ1) is 21.3. The fourth-order valence-electron chi connectivity index (χ4n) is 4.86. The van der Waals surface area contributed by atoms with Crippen LogP contribution in [0.5, 0.6) is 0 Å². The minimum atomic E-state index is -0.370. The number of carbonyl (C=O) groups excluding carboxylic acids is 2. The molecule has 5 nitrogen and oxygen atoms in total. The van der Waals surface area contributed by atoms with E-state index in [9.17, 15) is 9.59 Å². The number of nitrogens with one attached hydrogen (secondary N) is 1. The van der Waals surface area contributed by atoms with Crippen molar-refractivity contribution in [3.8, 4) is 0 Å². The number of rotatable bonds is 6. The Morgan fingerprint density at radius 2 is 1.33 bits per heavy atom. The van der Waals surface area contributed by atoms with Crippen molar-refractivity contribution in [3.63, 3.8) is 0 Å². The van der Waals surface area contributed by atoms with Crippen LogP contribution < -0.4 is 15.1 Å². The lowest BCUT2D eigenvalue weighted by molar-refractivity contribution is -0.126. The fraction of sp³-hybridized carbons (Fsp3) is 0.286. The summed E-state index contributed by atoms with van der Waals surface area (Å²) in [4.78, 5) is 30.2. The van der Waals surface area contributed by atoms with Crippen molar-refractivity contribution in [2.45, 2.75) is 25.3 Å². The Hall–Kier alpha value is -3.60. The molecule has 1 unspecified atom stereocenters. The summed E-state index contributed by atoms with van der Waals surface area (Å²) in [5.74, 6) is -0.456. The second-order valence-corrected chi connectivity index (χ2v) is 8.88. The van der Waals surface area contributed by atoms with Crippen LogP contribution in [-0.2, 0) is 9.59 Å². The van der Waals surface area contributed by atoms with Gasteiger partial charge >= 0.3 is 0 Å². The Morgan fingerprint density at radius 3 is 1.91 bits per heavy atom. The molecule has 0 saturated carbocycles. The van der Waals surface area contributed by atoms with E-state index in [1.54, 1.807) is 4.90 Å². The molecule has 2 heterocycles. The van der Waals surface area contributed by atoms with E-state index < -0.39 is 0 Å². The van der Waals surface area contributed by atoms with Crippen LogP contribution in [0.1, 0.15) is 36.4 Å². The van der Waals surface area contributed by atoms with Crippen molar-refractivity contribution in [1.82, 2.24) is 5.32 Å². The van der Waals surface area contributed by atoms with E-state index in [4.69, 9.17) is 0 Å². The highest BCUT2D eigenvalue weighted by Crippen LogP contribution is 2.30. The van der Waals surface area contributed by atoms with Gasteiger partial charge in [-0.15, -0.1) is 0 Å². The molecule has 33 heavy (non-hydrogen) atoms. The van der Waals surface area contributed by atoms with Crippen LogP contribution in [0.4, 0.5) is 11.4 Å². The van der Waals surface area contributed by atoms with Gasteiger partial charge in [0.15, 0.2) is 0 Å². The van der Waals surface area contributed by atoms with Crippen molar-refractivity contribution in [3.05, 3.63) is 96.1 Å². The zero-order chi connectivity index (χ0) is 22.6. The minimum absolute atomic E-state index is 0.0000414. The molecule has 5 rings (SSSR count). The summed E-state index contributed by atoms with van der Waals surface area (Å²) in [6.07, 6.45) is 2.70. The van der Waals surface area contributed by atoms with E-state index in [1.807, 2.05) is 72.8 Å². The first-order chi connectivity index (χ1) is 16.2. The number of hydrogen-bond acceptors (Lipinski definition) is 3. The first-order valence-corrected chi connectivity index (χ1v) is 11.7. The molecule has 0 aliphatic carbocycles. The van der Waals surface area contributed by atoms with Crippen molar-refractivity contribution >= 4 is 23.2 Å². The molecule has 2 saturated heterocycles. The summed E-state index contributed by atoms with van der Waals surface area (Å²) in [6.45, 7) is 2.59. The predicted octanol–water partition coefficient (Wildman–Crippen LogP) is 4.55. The summed E-state index contributed by atoms with van der Waals surface area (Å²) in [7, 11) is 0. The van der Waals surface area contributed by atoms with Gasteiger partial charge in [-0.05, 0) is 48.2 Å². The Labute approximate surface area is 195 Å². The SMILES string of the molecule is O=C(NC(c1ccccc1)c1ccccc1)C1CC(=O)N(c2ccc(N3CCCC3)cc2)C1. The van der Waals surface area contributed by atoms with E-state index >= 15 is 0 Å². The number of carbonyl (C=O) groups is 2. The van der Waals surface area contributed by atoms with Crippen LogP contribution in [0.15, 0.2) is 84.9 Å². The van der Waals surface area contributed by atoms with Gasteiger partial charge in [-0.1, -0.05) is 60.7 Å². The van der Waals surface area contributed by atoms with E-state index in [1.165, 1.54) is 18.5 Å². The zero-order valence-electron chi connectivity index (χ0n) is 18.7. The number of amides is 2. The third kappa shape index (κ3) is 4.63. The minimum Gasteiger partial charge on any atom is -0.372 e. The highest BCUT2D eigenvalue weighted by Gasteiger charge is 2.36. The van der Waals surface area contributed by atoms with Crippen molar-refractivity contribution in [2.75, 3.05) is 29.4 Å². The molecule has 2 amide bonds. The number of benzene rings is 3. The van der Waals surface area contributed by atoms with Gasteiger partial charge in [0.2, 0.25) is 11.8 Å². The average molecular weight is 440 g/mol. The van der Waals surface area contributed by atoms with Crippen LogP contribution in [0.3, 0.4) is 0 Å². The predicted molar refractivity (Wildman–Crippen MR) is 131 cm³/mol. The van der Waals surface area contributed by atoms with Crippen molar-refractivity contribution in [2.24, 2.45) is 5.92 Å². The van der Waals surface area contributed by atoms with Crippen LogP contribution in [-0.4, -0.2) is 31.4 Å². The molecule has 3 aromatic carbocycles. The van der Waals surface area contributed by atoms with Crippen LogP contribution in [0.25, 0.3) is 0 Å². The molecular weight excluding hydrogens is 410 g/mol. The van der Waals surface area contributed by atoms with E-state index in [2.05, 4.69) is 22.3 Å². The lowest BCUT2D eigenvalue weighted by Crippen LogP contribution is -2.36. The normalized spacial score (nSPS) is 18.2. The standard InChI is InChI=1S/C28H29N3O2/c32-26-19-23(20-31(26)25-15-13-24(14-16-25)30-17-7-8-18-30)28(33)29-27(21-9-3-1-4-10-21)22-11-5-2-6-12-22/h1-6,9-16,23,27H,7-8,17-20H2,(H,29,33). The van der Waals surface area contributed by atoms with Crippen molar-refractivity contribution in [1.29, 1.82) is 0 Å². The lowest BCUT2D eigenvalue weighted by Gasteiger charge is -2.22. The van der Waals surface area contributed by atoms with Crippen LogP contribution in [0.2, 0.25) is 0 Å². The quantitative estimate of drug-likeness (QED) is 0.613. The first-order valence-electron chi connectivity index (χ1n) is 11.7. The number of nitrogens with zero attached hydrogens (tertiary/aromatic N) is 2. The maximum atomic E-state index is 13.3. The maximum absolute atomic E-state index is 13.3.